The first-order valence-corrected chi connectivity index (χ1v) is 12.3. The number of pyridine rings is 1. The molecule has 0 spiro atoms. The van der Waals surface area contributed by atoms with E-state index in [1.807, 2.05) is 6.92 Å². The topological polar surface area (TPSA) is 100 Å². The number of rotatable bonds is 9. The van der Waals surface area contributed by atoms with Crippen molar-refractivity contribution in [2.75, 3.05) is 0 Å². The van der Waals surface area contributed by atoms with E-state index in [2.05, 4.69) is 10.1 Å². The Kier molecular flexibility index (Phi) is 7.30. The van der Waals surface area contributed by atoms with Crippen molar-refractivity contribution in [2.45, 2.75) is 45.4 Å². The Labute approximate surface area is 222 Å². The molecule has 1 atom stereocenters. The maximum absolute atomic E-state index is 14.2. The molecule has 5 rings (SSSR count). The SMILES string of the molecule is Cc1c2c(nn1CC(=O)C[C@@H](Cc1cc(F)cc(F)c1)c1ncccc1-c1ccc(F)c(C(N)=O)c1)COC2. The second-order valence-corrected chi connectivity index (χ2v) is 9.58. The lowest BCUT2D eigenvalue weighted by atomic mass is 9.86. The first-order valence-electron chi connectivity index (χ1n) is 12.3. The van der Waals surface area contributed by atoms with Gasteiger partial charge in [-0.3, -0.25) is 19.3 Å². The van der Waals surface area contributed by atoms with Crippen LogP contribution in [0, 0.1) is 24.4 Å². The van der Waals surface area contributed by atoms with E-state index in [4.69, 9.17) is 10.5 Å². The summed E-state index contributed by atoms with van der Waals surface area (Å²) in [6.07, 6.45) is 1.65. The van der Waals surface area contributed by atoms with E-state index >= 15 is 0 Å². The van der Waals surface area contributed by atoms with Gasteiger partial charge in [-0.15, -0.1) is 0 Å². The quantitative estimate of drug-likeness (QED) is 0.333. The van der Waals surface area contributed by atoms with Crippen molar-refractivity contribution in [3.05, 3.63) is 106 Å². The van der Waals surface area contributed by atoms with Crippen LogP contribution in [-0.4, -0.2) is 26.5 Å². The molecule has 10 heteroatoms. The Hall–Kier alpha value is -4.31. The second-order valence-electron chi connectivity index (χ2n) is 9.58. The Morgan fingerprint density at radius 2 is 1.85 bits per heavy atom. The molecule has 2 aromatic heterocycles. The summed E-state index contributed by atoms with van der Waals surface area (Å²) in [7, 11) is 0. The van der Waals surface area contributed by atoms with Crippen LogP contribution in [-0.2, 0) is 35.7 Å². The number of nitrogens with two attached hydrogens (primary N) is 1. The fourth-order valence-electron chi connectivity index (χ4n) is 5.01. The first kappa shape index (κ1) is 26.3. The van der Waals surface area contributed by atoms with Crippen LogP contribution in [0.4, 0.5) is 13.2 Å². The number of hydrogen-bond donors (Lipinski definition) is 1. The average Bonchev–Trinajstić information content (AvgIpc) is 3.46. The Bertz CT molecular complexity index is 1560. The van der Waals surface area contributed by atoms with Gasteiger partial charge in [0.2, 0.25) is 0 Å². The number of benzene rings is 2. The Balaban J connectivity index is 1.51. The van der Waals surface area contributed by atoms with Gasteiger partial charge >= 0.3 is 0 Å². The van der Waals surface area contributed by atoms with Crippen molar-refractivity contribution in [1.29, 1.82) is 0 Å². The minimum atomic E-state index is -0.923. The van der Waals surface area contributed by atoms with Crippen LogP contribution >= 0.6 is 0 Å². The van der Waals surface area contributed by atoms with E-state index in [1.165, 1.54) is 24.3 Å². The van der Waals surface area contributed by atoms with Gasteiger partial charge in [-0.1, -0.05) is 12.1 Å². The molecule has 3 heterocycles. The van der Waals surface area contributed by atoms with Gasteiger partial charge in [0.15, 0.2) is 5.78 Å². The lowest BCUT2D eigenvalue weighted by molar-refractivity contribution is -0.120. The molecule has 0 saturated heterocycles. The van der Waals surface area contributed by atoms with E-state index in [-0.39, 0.29) is 30.7 Å². The molecule has 0 radical (unpaired) electrons. The molecule has 2 aromatic carbocycles. The summed E-state index contributed by atoms with van der Waals surface area (Å²) in [4.78, 5) is 29.6. The van der Waals surface area contributed by atoms with Gasteiger partial charge in [0.1, 0.15) is 17.5 Å². The molecule has 0 fully saturated rings. The molecular weight excluding hydrogens is 509 g/mol. The molecule has 4 aromatic rings. The van der Waals surface area contributed by atoms with Gasteiger partial charge in [0, 0.05) is 41.4 Å². The maximum Gasteiger partial charge on any atom is 0.251 e. The van der Waals surface area contributed by atoms with Crippen molar-refractivity contribution < 1.29 is 27.5 Å². The van der Waals surface area contributed by atoms with Crippen LogP contribution < -0.4 is 5.73 Å². The number of halogens is 3. The fraction of sp³-hybridized carbons (Fsp3) is 0.241. The monoisotopic (exact) mass is 534 g/mol. The van der Waals surface area contributed by atoms with Crippen molar-refractivity contribution in [3.63, 3.8) is 0 Å². The predicted molar refractivity (Wildman–Crippen MR) is 136 cm³/mol. The Morgan fingerprint density at radius 3 is 2.56 bits per heavy atom. The molecular formula is C29H25F3N4O3. The van der Waals surface area contributed by atoms with Gasteiger partial charge in [0.05, 0.1) is 36.7 Å². The normalized spacial score (nSPS) is 13.3. The zero-order valence-corrected chi connectivity index (χ0v) is 21.1. The highest BCUT2D eigenvalue weighted by molar-refractivity contribution is 5.94. The molecule has 39 heavy (non-hydrogen) atoms. The van der Waals surface area contributed by atoms with Crippen LogP contribution in [0.5, 0.6) is 0 Å². The molecule has 0 aliphatic carbocycles. The molecule has 0 unspecified atom stereocenters. The molecule has 1 aliphatic rings. The largest absolute Gasteiger partial charge is 0.370 e. The highest BCUT2D eigenvalue weighted by Gasteiger charge is 2.25. The molecule has 2 N–H and O–H groups in total. The number of ketones is 1. The molecule has 0 saturated carbocycles. The van der Waals surface area contributed by atoms with Crippen LogP contribution in [0.25, 0.3) is 11.1 Å². The highest BCUT2D eigenvalue weighted by atomic mass is 19.1. The highest BCUT2D eigenvalue weighted by Crippen LogP contribution is 2.33. The second kappa shape index (κ2) is 10.8. The number of fused-ring (bicyclic) bond motifs is 1. The smallest absolute Gasteiger partial charge is 0.251 e. The number of hydrogen-bond acceptors (Lipinski definition) is 5. The van der Waals surface area contributed by atoms with Crippen LogP contribution in [0.2, 0.25) is 0 Å². The van der Waals surface area contributed by atoms with Gasteiger partial charge < -0.3 is 10.5 Å². The maximum atomic E-state index is 14.2. The third-order valence-corrected chi connectivity index (χ3v) is 6.87. The zero-order valence-electron chi connectivity index (χ0n) is 21.1. The van der Waals surface area contributed by atoms with Crippen molar-refractivity contribution in [3.8, 4) is 11.1 Å². The number of carbonyl (C=O) groups is 2. The zero-order chi connectivity index (χ0) is 27.7. The average molecular weight is 535 g/mol. The van der Waals surface area contributed by atoms with Crippen molar-refractivity contribution >= 4 is 11.7 Å². The lowest BCUT2D eigenvalue weighted by Crippen LogP contribution is -2.19. The molecule has 7 nitrogen and oxygen atoms in total. The third kappa shape index (κ3) is 5.61. The molecule has 1 aliphatic heterocycles. The number of primary amides is 1. The first-order chi connectivity index (χ1) is 18.7. The standard InChI is InChI=1S/C29H25F3N4O3/c1-16-25-14-39-15-27(25)35-36(16)13-22(37)10-19(7-17-8-20(30)12-21(31)9-17)28-23(3-2-6-34-28)18-4-5-26(32)24(11-18)29(33)38/h2-6,8-9,11-12,19H,7,10,13-15H2,1H3,(H2,33,38)/t19-/m1/s1. The lowest BCUT2D eigenvalue weighted by Gasteiger charge is -2.20. The summed E-state index contributed by atoms with van der Waals surface area (Å²) in [6, 6.07) is 10.6. The molecule has 1 amide bonds. The minimum absolute atomic E-state index is 0.00746. The van der Waals surface area contributed by atoms with Gasteiger partial charge in [0.25, 0.3) is 5.91 Å². The predicted octanol–water partition coefficient (Wildman–Crippen LogP) is 4.79. The fourth-order valence-corrected chi connectivity index (χ4v) is 5.01. The van der Waals surface area contributed by atoms with Crippen molar-refractivity contribution in [1.82, 2.24) is 14.8 Å². The van der Waals surface area contributed by atoms with Crippen molar-refractivity contribution in [2.24, 2.45) is 5.73 Å². The van der Waals surface area contributed by atoms with E-state index < -0.39 is 29.3 Å². The summed E-state index contributed by atoms with van der Waals surface area (Å²) in [6.45, 7) is 2.73. The van der Waals surface area contributed by atoms with E-state index in [0.717, 1.165) is 29.1 Å². The number of amides is 1. The van der Waals surface area contributed by atoms with Crippen LogP contribution in [0.3, 0.4) is 0 Å². The molecule has 0 bridgehead atoms. The van der Waals surface area contributed by atoms with Gasteiger partial charge in [-0.05, 0) is 54.8 Å². The van der Waals surface area contributed by atoms with E-state index in [1.54, 1.807) is 23.0 Å². The third-order valence-electron chi connectivity index (χ3n) is 6.87. The van der Waals surface area contributed by atoms with Crippen LogP contribution in [0.1, 0.15) is 50.9 Å². The Morgan fingerprint density at radius 1 is 1.08 bits per heavy atom. The number of nitrogens with zero attached hydrogens (tertiary/aromatic N) is 3. The summed E-state index contributed by atoms with van der Waals surface area (Å²) in [5.41, 5.74) is 9.52. The summed E-state index contributed by atoms with van der Waals surface area (Å²) in [5.74, 6) is -3.90. The number of carbonyl (C=O) groups excluding carboxylic acids is 2. The van der Waals surface area contributed by atoms with E-state index in [0.29, 0.717) is 35.6 Å². The summed E-state index contributed by atoms with van der Waals surface area (Å²) in [5, 5.41) is 4.49. The summed E-state index contributed by atoms with van der Waals surface area (Å²) >= 11 is 0. The van der Waals surface area contributed by atoms with Crippen LogP contribution in [0.15, 0.2) is 54.7 Å². The number of aromatic nitrogens is 3. The van der Waals surface area contributed by atoms with Gasteiger partial charge in [-0.2, -0.15) is 5.10 Å². The summed E-state index contributed by atoms with van der Waals surface area (Å²) < 4.78 is 49.3. The van der Waals surface area contributed by atoms with E-state index in [9.17, 15) is 22.8 Å². The number of ether oxygens (including phenoxy) is 1. The molecule has 200 valence electrons. The van der Waals surface area contributed by atoms with Gasteiger partial charge in [-0.25, -0.2) is 13.2 Å². The number of Topliss-reactive ketones (excluding diaryl/α,β-unsaturated/α-hetero) is 1. The minimum Gasteiger partial charge on any atom is -0.370 e.